The van der Waals surface area contributed by atoms with Crippen molar-refractivity contribution in [3.8, 4) is 0 Å². The van der Waals surface area contributed by atoms with Gasteiger partial charge in [0, 0.05) is 6.61 Å². The highest BCUT2D eigenvalue weighted by Gasteiger charge is 1.95. The minimum Gasteiger partial charge on any atom is -0.379 e. The molecule has 0 saturated carbocycles. The van der Waals surface area contributed by atoms with Crippen LogP contribution in [0.5, 0.6) is 0 Å². The molecule has 0 aromatic carbocycles. The van der Waals surface area contributed by atoms with Crippen molar-refractivity contribution in [2.75, 3.05) is 19.7 Å². The Hall–Kier alpha value is -0.0800. The van der Waals surface area contributed by atoms with E-state index in [9.17, 15) is 0 Å². The molecular weight excluding hydrogens is 198 g/mol. The fourth-order valence-corrected chi connectivity index (χ4v) is 1.59. The number of unbranched alkanes of at least 4 members (excludes halogenated alkanes) is 4. The fourth-order valence-electron chi connectivity index (χ4n) is 1.59. The van der Waals surface area contributed by atoms with Crippen LogP contribution in [0.4, 0.5) is 0 Å². The fraction of sp³-hybridized carbons (Fsp3) is 1.00. The first-order valence-corrected chi connectivity index (χ1v) is 6.95. The molecule has 0 spiro atoms. The summed E-state index contributed by atoms with van der Waals surface area (Å²) in [4.78, 5) is 0. The van der Waals surface area contributed by atoms with Crippen molar-refractivity contribution in [1.29, 1.82) is 0 Å². The predicted octanol–water partition coefficient (Wildman–Crippen LogP) is 3.61. The van der Waals surface area contributed by atoms with Gasteiger partial charge in [-0.1, -0.05) is 33.1 Å². The van der Waals surface area contributed by atoms with Crippen LogP contribution in [0, 0.1) is 5.92 Å². The van der Waals surface area contributed by atoms with Crippen LogP contribution >= 0.6 is 0 Å². The first kappa shape index (κ1) is 15.9. The minimum absolute atomic E-state index is 0.389. The van der Waals surface area contributed by atoms with Gasteiger partial charge in [-0.2, -0.15) is 0 Å². The van der Waals surface area contributed by atoms with Gasteiger partial charge in [0.1, 0.15) is 0 Å². The molecule has 2 nitrogen and oxygen atoms in total. The van der Waals surface area contributed by atoms with E-state index in [0.29, 0.717) is 6.10 Å². The maximum atomic E-state index is 5.50. The summed E-state index contributed by atoms with van der Waals surface area (Å²) in [6.45, 7) is 12.0. The van der Waals surface area contributed by atoms with E-state index in [-0.39, 0.29) is 0 Å². The molecule has 0 aromatic rings. The summed E-state index contributed by atoms with van der Waals surface area (Å²) in [5.74, 6) is 0.771. The minimum atomic E-state index is 0.389. The van der Waals surface area contributed by atoms with Crippen LogP contribution in [0.15, 0.2) is 0 Å². The Morgan fingerprint density at radius 1 is 0.875 bits per heavy atom. The van der Waals surface area contributed by atoms with Gasteiger partial charge in [-0.05, 0) is 45.7 Å². The van der Waals surface area contributed by atoms with E-state index >= 15 is 0 Å². The topological polar surface area (TPSA) is 21.3 Å². The summed E-state index contributed by atoms with van der Waals surface area (Å²) >= 11 is 0. The zero-order chi connectivity index (χ0) is 12.2. The average Bonchev–Trinajstić information content (AvgIpc) is 2.20. The molecule has 0 radical (unpaired) electrons. The summed E-state index contributed by atoms with van der Waals surface area (Å²) < 4.78 is 5.50. The number of rotatable bonds is 11. The Morgan fingerprint density at radius 3 is 2.12 bits per heavy atom. The lowest BCUT2D eigenvalue weighted by Gasteiger charge is -2.08. The Balaban J connectivity index is 2.93. The highest BCUT2D eigenvalue weighted by molar-refractivity contribution is 4.52. The van der Waals surface area contributed by atoms with E-state index in [0.717, 1.165) is 19.1 Å². The summed E-state index contributed by atoms with van der Waals surface area (Å²) in [5.41, 5.74) is 0. The number of ether oxygens (including phenoxy) is 1. The average molecular weight is 229 g/mol. The van der Waals surface area contributed by atoms with Crippen LogP contribution in [-0.2, 0) is 4.74 Å². The van der Waals surface area contributed by atoms with Crippen LogP contribution in [0.3, 0.4) is 0 Å². The molecule has 0 aliphatic heterocycles. The van der Waals surface area contributed by atoms with Gasteiger partial charge in [0.25, 0.3) is 0 Å². The van der Waals surface area contributed by atoms with Crippen LogP contribution in [0.2, 0.25) is 0 Å². The first-order chi connectivity index (χ1) is 7.63. The normalized spacial score (nSPS) is 11.6. The Morgan fingerprint density at radius 2 is 1.50 bits per heavy atom. The van der Waals surface area contributed by atoms with Crippen molar-refractivity contribution in [2.24, 2.45) is 5.92 Å². The second-order valence-electron chi connectivity index (χ2n) is 5.29. The lowest BCUT2D eigenvalue weighted by atomic mass is 10.1. The maximum absolute atomic E-state index is 5.50. The SMILES string of the molecule is CC(C)CNCCCCCCCOC(C)C. The number of hydrogen-bond acceptors (Lipinski definition) is 2. The van der Waals surface area contributed by atoms with Crippen LogP contribution in [-0.4, -0.2) is 25.8 Å². The molecule has 0 amide bonds. The predicted molar refractivity (Wildman–Crippen MR) is 71.9 cm³/mol. The molecule has 0 bridgehead atoms. The zero-order valence-corrected chi connectivity index (χ0v) is 11.7. The molecule has 0 atom stereocenters. The van der Waals surface area contributed by atoms with E-state index in [1.54, 1.807) is 0 Å². The quantitative estimate of drug-likeness (QED) is 0.547. The maximum Gasteiger partial charge on any atom is 0.0518 e. The molecule has 0 heterocycles. The largest absolute Gasteiger partial charge is 0.379 e. The smallest absolute Gasteiger partial charge is 0.0518 e. The van der Waals surface area contributed by atoms with E-state index in [1.165, 1.54) is 38.6 Å². The van der Waals surface area contributed by atoms with Gasteiger partial charge in [-0.25, -0.2) is 0 Å². The van der Waals surface area contributed by atoms with Gasteiger partial charge in [-0.3, -0.25) is 0 Å². The first-order valence-electron chi connectivity index (χ1n) is 6.95. The molecule has 98 valence electrons. The lowest BCUT2D eigenvalue weighted by Crippen LogP contribution is -2.20. The second-order valence-corrected chi connectivity index (χ2v) is 5.29. The molecule has 0 unspecified atom stereocenters. The van der Waals surface area contributed by atoms with Gasteiger partial charge in [-0.15, -0.1) is 0 Å². The molecular formula is C14H31NO. The third-order valence-corrected chi connectivity index (χ3v) is 2.50. The summed E-state index contributed by atoms with van der Waals surface area (Å²) in [6.07, 6.45) is 6.95. The third kappa shape index (κ3) is 13.9. The molecule has 0 aromatic heterocycles. The highest BCUT2D eigenvalue weighted by Crippen LogP contribution is 2.03. The molecule has 2 heteroatoms. The summed E-state index contributed by atoms with van der Waals surface area (Å²) in [5, 5.41) is 3.48. The molecule has 16 heavy (non-hydrogen) atoms. The Bertz CT molecular complexity index is 119. The monoisotopic (exact) mass is 229 g/mol. The van der Waals surface area contributed by atoms with Crippen LogP contribution in [0.25, 0.3) is 0 Å². The van der Waals surface area contributed by atoms with Crippen molar-refractivity contribution in [1.82, 2.24) is 5.32 Å². The standard InChI is InChI=1S/C14H31NO/c1-13(2)12-15-10-8-6-5-7-9-11-16-14(3)4/h13-15H,5-12H2,1-4H3. The van der Waals surface area contributed by atoms with Gasteiger partial charge in [0.15, 0.2) is 0 Å². The highest BCUT2D eigenvalue weighted by atomic mass is 16.5. The molecule has 1 N–H and O–H groups in total. The third-order valence-electron chi connectivity index (χ3n) is 2.50. The molecule has 0 rings (SSSR count). The van der Waals surface area contributed by atoms with E-state index in [4.69, 9.17) is 4.74 Å². The van der Waals surface area contributed by atoms with Crippen molar-refractivity contribution >= 4 is 0 Å². The molecule has 0 aliphatic carbocycles. The molecule has 0 saturated heterocycles. The second kappa shape index (κ2) is 11.4. The van der Waals surface area contributed by atoms with Crippen molar-refractivity contribution in [2.45, 2.75) is 65.9 Å². The van der Waals surface area contributed by atoms with Gasteiger partial charge >= 0.3 is 0 Å². The van der Waals surface area contributed by atoms with Crippen molar-refractivity contribution in [3.63, 3.8) is 0 Å². The van der Waals surface area contributed by atoms with Crippen LogP contribution in [0.1, 0.15) is 59.8 Å². The summed E-state index contributed by atoms with van der Waals surface area (Å²) in [6, 6.07) is 0. The molecule has 0 aliphatic rings. The zero-order valence-electron chi connectivity index (χ0n) is 11.7. The Labute approximate surface area is 102 Å². The van der Waals surface area contributed by atoms with Crippen LogP contribution < -0.4 is 5.32 Å². The number of hydrogen-bond donors (Lipinski definition) is 1. The summed E-state index contributed by atoms with van der Waals surface area (Å²) in [7, 11) is 0. The van der Waals surface area contributed by atoms with Crippen molar-refractivity contribution < 1.29 is 4.74 Å². The Kier molecular flexibility index (Phi) is 11.3. The molecule has 0 fully saturated rings. The van der Waals surface area contributed by atoms with Gasteiger partial charge < -0.3 is 10.1 Å². The van der Waals surface area contributed by atoms with E-state index in [1.807, 2.05) is 0 Å². The lowest BCUT2D eigenvalue weighted by molar-refractivity contribution is 0.0757. The van der Waals surface area contributed by atoms with E-state index in [2.05, 4.69) is 33.0 Å². The van der Waals surface area contributed by atoms with Gasteiger partial charge in [0.05, 0.1) is 6.10 Å². The van der Waals surface area contributed by atoms with Gasteiger partial charge in [0.2, 0.25) is 0 Å². The van der Waals surface area contributed by atoms with Crippen molar-refractivity contribution in [3.05, 3.63) is 0 Å². The number of nitrogens with one attached hydrogen (secondary N) is 1. The van der Waals surface area contributed by atoms with E-state index < -0.39 is 0 Å².